The van der Waals surface area contributed by atoms with Crippen molar-refractivity contribution in [1.82, 2.24) is 15.1 Å². The molecule has 0 aliphatic carbocycles. The number of piperidine rings is 1. The van der Waals surface area contributed by atoms with Crippen LogP contribution in [0.25, 0.3) is 0 Å². The number of nitrogens with zero attached hydrogens (tertiary/aromatic N) is 2. The van der Waals surface area contributed by atoms with Gasteiger partial charge in [-0.05, 0) is 86.3 Å². The lowest BCUT2D eigenvalue weighted by Crippen LogP contribution is -2.45. The normalized spacial score (nSPS) is 17.8. The Kier molecular flexibility index (Phi) is 9.20. The Morgan fingerprint density at radius 2 is 1.57 bits per heavy atom. The maximum absolute atomic E-state index is 13.5. The molecule has 2 heterocycles. The summed E-state index contributed by atoms with van der Waals surface area (Å²) >= 11 is 5.96. The van der Waals surface area contributed by atoms with Gasteiger partial charge in [-0.3, -0.25) is 4.79 Å². The van der Waals surface area contributed by atoms with E-state index in [9.17, 15) is 18.0 Å². The first-order chi connectivity index (χ1) is 20.1. The number of urea groups is 1. The zero-order chi connectivity index (χ0) is 29.7. The van der Waals surface area contributed by atoms with Gasteiger partial charge in [-0.2, -0.15) is 0 Å². The number of carbonyl (C=O) groups is 2. The van der Waals surface area contributed by atoms with E-state index in [0.29, 0.717) is 17.3 Å². The van der Waals surface area contributed by atoms with Crippen LogP contribution in [0.4, 0.5) is 10.5 Å². The summed E-state index contributed by atoms with van der Waals surface area (Å²) in [6.07, 6.45) is 4.42. The molecule has 3 aromatic carbocycles. The van der Waals surface area contributed by atoms with E-state index in [0.717, 1.165) is 63.0 Å². The Balaban J connectivity index is 1.14. The van der Waals surface area contributed by atoms with Gasteiger partial charge >= 0.3 is 6.03 Å². The van der Waals surface area contributed by atoms with Crippen LogP contribution >= 0.6 is 11.6 Å². The number of carbonyl (C=O) groups excluding carboxylic acids is 2. The molecular formula is C32H37ClN4O4S. The van der Waals surface area contributed by atoms with E-state index in [2.05, 4.69) is 15.5 Å². The van der Waals surface area contributed by atoms with Crippen molar-refractivity contribution in [3.8, 4) is 0 Å². The lowest BCUT2D eigenvalue weighted by atomic mass is 9.77. The summed E-state index contributed by atoms with van der Waals surface area (Å²) in [5, 5.41) is 6.62. The number of nitrogens with one attached hydrogen (secondary N) is 2. The number of hydrogen-bond acceptors (Lipinski definition) is 5. The number of amides is 3. The maximum Gasteiger partial charge on any atom is 0.319 e. The molecule has 2 fully saturated rings. The molecule has 3 aromatic rings. The standard InChI is InChI=1S/C32H37ClN4O4S/c1-42(40,41)28-13-7-24(8-14-28)23-37-22-18-32(30(37)38)16-20-36(21-17-32)19-15-29(25-5-3-2-4-6-25)35-31(39)34-27-11-9-26(33)10-12-27/h2-14,29H,15-23H2,1H3,(H2,34,35,39). The van der Waals surface area contributed by atoms with Crippen LogP contribution in [0.1, 0.15) is 42.9 Å². The van der Waals surface area contributed by atoms with Crippen molar-refractivity contribution in [2.24, 2.45) is 5.41 Å². The monoisotopic (exact) mass is 608 g/mol. The molecule has 1 atom stereocenters. The van der Waals surface area contributed by atoms with Gasteiger partial charge in [0.1, 0.15) is 0 Å². The predicted octanol–water partition coefficient (Wildman–Crippen LogP) is 5.51. The molecule has 42 heavy (non-hydrogen) atoms. The molecular weight excluding hydrogens is 572 g/mol. The van der Waals surface area contributed by atoms with Gasteiger partial charge in [-0.1, -0.05) is 54.1 Å². The Labute approximate surface area is 253 Å². The fourth-order valence-corrected chi connectivity index (χ4v) is 6.71. The average molecular weight is 609 g/mol. The third-order valence-electron chi connectivity index (χ3n) is 8.48. The van der Waals surface area contributed by atoms with E-state index in [1.807, 2.05) is 35.2 Å². The molecule has 0 radical (unpaired) electrons. The van der Waals surface area contributed by atoms with Gasteiger partial charge in [0.2, 0.25) is 5.91 Å². The molecule has 2 aliphatic heterocycles. The minimum Gasteiger partial charge on any atom is -0.338 e. The van der Waals surface area contributed by atoms with Gasteiger partial charge in [0.15, 0.2) is 9.84 Å². The molecule has 8 nitrogen and oxygen atoms in total. The summed E-state index contributed by atoms with van der Waals surface area (Å²) in [6.45, 7) is 3.69. The number of halogens is 1. The summed E-state index contributed by atoms with van der Waals surface area (Å²) in [4.78, 5) is 30.9. The van der Waals surface area contributed by atoms with Crippen LogP contribution in [0.2, 0.25) is 5.02 Å². The predicted molar refractivity (Wildman–Crippen MR) is 165 cm³/mol. The largest absolute Gasteiger partial charge is 0.338 e. The second kappa shape index (κ2) is 12.9. The molecule has 0 saturated carbocycles. The van der Waals surface area contributed by atoms with Crippen molar-refractivity contribution < 1.29 is 18.0 Å². The van der Waals surface area contributed by atoms with E-state index in [-0.39, 0.29) is 28.3 Å². The second-order valence-corrected chi connectivity index (χ2v) is 13.8. The van der Waals surface area contributed by atoms with Gasteiger partial charge in [0.25, 0.3) is 0 Å². The third kappa shape index (κ3) is 7.32. The molecule has 0 aromatic heterocycles. The Hall–Kier alpha value is -3.40. The van der Waals surface area contributed by atoms with Gasteiger partial charge in [0, 0.05) is 36.6 Å². The summed E-state index contributed by atoms with van der Waals surface area (Å²) < 4.78 is 23.5. The minimum absolute atomic E-state index is 0.160. The topological polar surface area (TPSA) is 98.8 Å². The lowest BCUT2D eigenvalue weighted by molar-refractivity contribution is -0.138. The van der Waals surface area contributed by atoms with Crippen LogP contribution in [0.5, 0.6) is 0 Å². The number of hydrogen-bond donors (Lipinski definition) is 2. The average Bonchev–Trinajstić information content (AvgIpc) is 3.27. The number of rotatable bonds is 9. The van der Waals surface area contributed by atoms with Gasteiger partial charge in [-0.25, -0.2) is 13.2 Å². The number of benzene rings is 3. The zero-order valence-electron chi connectivity index (χ0n) is 23.8. The van der Waals surface area contributed by atoms with Crippen molar-refractivity contribution in [3.63, 3.8) is 0 Å². The summed E-state index contributed by atoms with van der Waals surface area (Å²) in [6, 6.07) is 23.4. The SMILES string of the molecule is CS(=O)(=O)c1ccc(CN2CCC3(CCN(CCC(NC(=O)Nc4ccc(Cl)cc4)c4ccccc4)CC3)C2=O)cc1. The molecule has 3 amide bonds. The van der Waals surface area contributed by atoms with Crippen molar-refractivity contribution in [1.29, 1.82) is 0 Å². The number of sulfone groups is 1. The Morgan fingerprint density at radius 3 is 2.21 bits per heavy atom. The Morgan fingerprint density at radius 1 is 0.929 bits per heavy atom. The molecule has 1 unspecified atom stereocenters. The highest BCUT2D eigenvalue weighted by atomic mass is 35.5. The Bertz CT molecular complexity index is 1490. The van der Waals surface area contributed by atoms with Crippen LogP contribution < -0.4 is 10.6 Å². The first-order valence-electron chi connectivity index (χ1n) is 14.3. The van der Waals surface area contributed by atoms with Crippen molar-refractivity contribution in [3.05, 3.63) is 95.0 Å². The summed E-state index contributed by atoms with van der Waals surface area (Å²) in [5.74, 6) is 0.206. The van der Waals surface area contributed by atoms with Crippen LogP contribution in [0.15, 0.2) is 83.8 Å². The highest BCUT2D eigenvalue weighted by Gasteiger charge is 2.47. The van der Waals surface area contributed by atoms with Crippen molar-refractivity contribution >= 4 is 39.1 Å². The number of likely N-dealkylation sites (tertiary alicyclic amines) is 2. The number of anilines is 1. The first-order valence-corrected chi connectivity index (χ1v) is 16.6. The fourth-order valence-electron chi connectivity index (χ4n) is 5.95. The third-order valence-corrected chi connectivity index (χ3v) is 9.86. The molecule has 2 aliphatic rings. The quantitative estimate of drug-likeness (QED) is 0.334. The van der Waals surface area contributed by atoms with Gasteiger partial charge in [0.05, 0.1) is 16.4 Å². The van der Waals surface area contributed by atoms with E-state index in [1.165, 1.54) is 6.26 Å². The smallest absolute Gasteiger partial charge is 0.319 e. The minimum atomic E-state index is -3.24. The fraction of sp³-hybridized carbons (Fsp3) is 0.375. The molecule has 222 valence electrons. The molecule has 5 rings (SSSR count). The molecule has 0 bridgehead atoms. The lowest BCUT2D eigenvalue weighted by Gasteiger charge is -2.38. The first kappa shape index (κ1) is 30.1. The van der Waals surface area contributed by atoms with Gasteiger partial charge < -0.3 is 20.4 Å². The van der Waals surface area contributed by atoms with Crippen LogP contribution in [0.3, 0.4) is 0 Å². The van der Waals surface area contributed by atoms with E-state index >= 15 is 0 Å². The van der Waals surface area contributed by atoms with Crippen LogP contribution in [0, 0.1) is 5.41 Å². The molecule has 2 saturated heterocycles. The molecule has 1 spiro atoms. The highest BCUT2D eigenvalue weighted by Crippen LogP contribution is 2.42. The second-order valence-electron chi connectivity index (χ2n) is 11.4. The summed E-state index contributed by atoms with van der Waals surface area (Å²) in [5.41, 5.74) is 2.33. The zero-order valence-corrected chi connectivity index (χ0v) is 25.3. The van der Waals surface area contributed by atoms with Crippen molar-refractivity contribution in [2.45, 2.75) is 43.2 Å². The van der Waals surface area contributed by atoms with E-state index in [4.69, 9.17) is 11.6 Å². The molecule has 10 heteroatoms. The summed E-state index contributed by atoms with van der Waals surface area (Å²) in [7, 11) is -3.24. The van der Waals surface area contributed by atoms with Gasteiger partial charge in [-0.15, -0.1) is 0 Å². The van der Waals surface area contributed by atoms with E-state index in [1.54, 1.807) is 48.5 Å². The van der Waals surface area contributed by atoms with Crippen LogP contribution in [-0.2, 0) is 21.2 Å². The maximum atomic E-state index is 13.5. The van der Waals surface area contributed by atoms with Crippen LogP contribution in [-0.4, -0.2) is 62.6 Å². The highest BCUT2D eigenvalue weighted by molar-refractivity contribution is 7.90. The molecule has 2 N–H and O–H groups in total. The van der Waals surface area contributed by atoms with E-state index < -0.39 is 9.84 Å². The van der Waals surface area contributed by atoms with Crippen molar-refractivity contribution in [2.75, 3.05) is 37.8 Å².